The topological polar surface area (TPSA) is 15.7 Å². The number of hydrogen-bond donors (Lipinski definition) is 0. The van der Waals surface area contributed by atoms with E-state index in [-0.39, 0.29) is 0 Å². The van der Waals surface area contributed by atoms with E-state index in [0.29, 0.717) is 5.04 Å². The summed E-state index contributed by atoms with van der Waals surface area (Å²) in [6.45, 7) is 25.6. The molecule has 0 amide bonds. The normalized spacial score (nSPS) is 21.1. The third-order valence-corrected chi connectivity index (χ3v) is 14.4. The highest BCUT2D eigenvalue weighted by molar-refractivity contribution is 6.77. The molecule has 1 aliphatic heterocycles. The summed E-state index contributed by atoms with van der Waals surface area (Å²) in [5.41, 5.74) is 0. The van der Waals surface area contributed by atoms with Crippen LogP contribution in [0, 0.1) is 5.92 Å². The number of hydrogen-bond acceptors (Lipinski definition) is 3. The Balaban J connectivity index is 2.46. The summed E-state index contributed by atoms with van der Waals surface area (Å²) in [6.07, 6.45) is 0. The maximum Gasteiger partial charge on any atom is 0.186 e. The first-order valence-corrected chi connectivity index (χ1v) is 15.0. The zero-order chi connectivity index (χ0) is 17.2. The first-order chi connectivity index (χ1) is 9.89. The van der Waals surface area contributed by atoms with E-state index in [2.05, 4.69) is 63.3 Å². The highest BCUT2D eigenvalue weighted by Crippen LogP contribution is 2.38. The monoisotopic (exact) mass is 344 g/mol. The van der Waals surface area contributed by atoms with E-state index in [1.807, 2.05) is 7.11 Å². The van der Waals surface area contributed by atoms with E-state index < -0.39 is 16.6 Å². The highest BCUT2D eigenvalue weighted by Gasteiger charge is 2.41. The van der Waals surface area contributed by atoms with Crippen molar-refractivity contribution in [1.29, 1.82) is 0 Å². The maximum absolute atomic E-state index is 5.71. The number of rotatable bonds is 6. The lowest BCUT2D eigenvalue weighted by Crippen LogP contribution is -2.61. The Bertz CT molecular complexity index is 345. The average molecular weight is 345 g/mol. The van der Waals surface area contributed by atoms with Crippen molar-refractivity contribution in [2.75, 3.05) is 39.8 Å². The van der Waals surface area contributed by atoms with Crippen LogP contribution in [0.5, 0.6) is 0 Å². The van der Waals surface area contributed by atoms with Crippen LogP contribution in [0.4, 0.5) is 0 Å². The van der Waals surface area contributed by atoms with Gasteiger partial charge in [0.05, 0.1) is 0 Å². The molecule has 0 aromatic heterocycles. The van der Waals surface area contributed by atoms with Crippen LogP contribution in [-0.4, -0.2) is 65.9 Å². The van der Waals surface area contributed by atoms with Gasteiger partial charge in [-0.3, -0.25) is 0 Å². The van der Waals surface area contributed by atoms with Crippen LogP contribution in [0.1, 0.15) is 27.7 Å². The van der Waals surface area contributed by atoms with Crippen molar-refractivity contribution < 1.29 is 4.43 Å². The molecular formula is C17H40N2OSi2. The Morgan fingerprint density at radius 1 is 1.00 bits per heavy atom. The van der Waals surface area contributed by atoms with Gasteiger partial charge in [-0.1, -0.05) is 40.8 Å². The predicted molar refractivity (Wildman–Crippen MR) is 104 cm³/mol. The Hall–Kier alpha value is 0.314. The van der Waals surface area contributed by atoms with Gasteiger partial charge < -0.3 is 13.9 Å². The first-order valence-electron chi connectivity index (χ1n) is 8.91. The molecule has 0 aromatic carbocycles. The molecule has 0 aromatic rings. The fraction of sp³-hybridized carbons (Fsp3) is 1.00. The summed E-state index contributed by atoms with van der Waals surface area (Å²) in [5.74, 6) is 0.751. The lowest BCUT2D eigenvalue weighted by Gasteiger charge is -2.49. The lowest BCUT2D eigenvalue weighted by molar-refractivity contribution is 0.163. The van der Waals surface area contributed by atoms with Gasteiger partial charge in [-0.05, 0) is 30.1 Å². The van der Waals surface area contributed by atoms with Crippen molar-refractivity contribution in [2.45, 2.75) is 65.0 Å². The largest absolute Gasteiger partial charge is 0.420 e. The molecule has 0 bridgehead atoms. The van der Waals surface area contributed by atoms with Gasteiger partial charge in [-0.2, -0.15) is 0 Å². The van der Waals surface area contributed by atoms with Crippen LogP contribution in [0.25, 0.3) is 0 Å². The second-order valence-electron chi connectivity index (χ2n) is 9.37. The molecule has 0 saturated carbocycles. The molecule has 1 heterocycles. The Labute approximate surface area is 141 Å². The molecule has 0 radical (unpaired) electrons. The second kappa shape index (κ2) is 7.47. The van der Waals surface area contributed by atoms with Gasteiger partial charge in [0, 0.05) is 39.8 Å². The van der Waals surface area contributed by atoms with Gasteiger partial charge in [0.1, 0.15) is 8.24 Å². The fourth-order valence-corrected chi connectivity index (χ4v) is 7.63. The Morgan fingerprint density at radius 3 is 1.91 bits per heavy atom. The molecule has 0 N–H and O–H groups in total. The van der Waals surface area contributed by atoms with Gasteiger partial charge >= 0.3 is 0 Å². The van der Waals surface area contributed by atoms with E-state index in [1.54, 1.807) is 0 Å². The van der Waals surface area contributed by atoms with E-state index in [9.17, 15) is 0 Å². The molecule has 1 saturated heterocycles. The molecule has 1 rings (SSSR count). The smallest absolute Gasteiger partial charge is 0.186 e. The first kappa shape index (κ1) is 20.4. The van der Waals surface area contributed by atoms with Crippen LogP contribution in [0.2, 0.25) is 37.3 Å². The number of nitrogens with zero attached hydrogens (tertiary/aromatic N) is 2. The maximum atomic E-state index is 5.71. The molecule has 1 unspecified atom stereocenters. The summed E-state index contributed by atoms with van der Waals surface area (Å²) in [7, 11) is -0.862. The summed E-state index contributed by atoms with van der Waals surface area (Å²) in [4.78, 5) is 2.68. The molecule has 1 fully saturated rings. The summed E-state index contributed by atoms with van der Waals surface area (Å²) >= 11 is 0. The summed E-state index contributed by atoms with van der Waals surface area (Å²) in [6, 6.07) is 1.27. The third-order valence-electron chi connectivity index (χ3n) is 5.96. The Morgan fingerprint density at radius 2 is 1.50 bits per heavy atom. The third kappa shape index (κ3) is 5.44. The lowest BCUT2D eigenvalue weighted by atomic mass is 10.2. The average Bonchev–Trinajstić information content (AvgIpc) is 2.37. The van der Waals surface area contributed by atoms with Crippen LogP contribution in [0.3, 0.4) is 0 Å². The summed E-state index contributed by atoms with van der Waals surface area (Å²) < 4.78 is 8.54. The van der Waals surface area contributed by atoms with Crippen molar-refractivity contribution >= 4 is 16.6 Å². The van der Waals surface area contributed by atoms with Gasteiger partial charge in [-0.25, -0.2) is 0 Å². The molecular weight excluding hydrogens is 304 g/mol. The second-order valence-corrected chi connectivity index (χ2v) is 19.0. The van der Waals surface area contributed by atoms with Crippen LogP contribution in [-0.2, 0) is 4.43 Å². The van der Waals surface area contributed by atoms with Crippen LogP contribution < -0.4 is 0 Å². The molecule has 0 spiro atoms. The van der Waals surface area contributed by atoms with Gasteiger partial charge in [0.15, 0.2) is 8.32 Å². The molecule has 22 heavy (non-hydrogen) atoms. The molecule has 132 valence electrons. The van der Waals surface area contributed by atoms with E-state index in [0.717, 1.165) is 5.92 Å². The highest BCUT2D eigenvalue weighted by atomic mass is 28.4. The van der Waals surface area contributed by atoms with Gasteiger partial charge in [0.2, 0.25) is 0 Å². The van der Waals surface area contributed by atoms with E-state index in [1.165, 1.54) is 38.8 Å². The van der Waals surface area contributed by atoms with Crippen molar-refractivity contribution in [3.05, 3.63) is 0 Å². The van der Waals surface area contributed by atoms with Gasteiger partial charge in [-0.15, -0.1) is 0 Å². The van der Waals surface area contributed by atoms with E-state index in [4.69, 9.17) is 4.43 Å². The minimum absolute atomic E-state index is 0.455. The van der Waals surface area contributed by atoms with Crippen LogP contribution >= 0.6 is 0 Å². The zero-order valence-electron chi connectivity index (χ0n) is 16.6. The van der Waals surface area contributed by atoms with Crippen molar-refractivity contribution in [3.8, 4) is 0 Å². The van der Waals surface area contributed by atoms with Gasteiger partial charge in [0.25, 0.3) is 0 Å². The van der Waals surface area contributed by atoms with Crippen molar-refractivity contribution in [1.82, 2.24) is 9.47 Å². The quantitative estimate of drug-likeness (QED) is 0.675. The van der Waals surface area contributed by atoms with Crippen LogP contribution in [0.15, 0.2) is 0 Å². The predicted octanol–water partition coefficient (Wildman–Crippen LogP) is 4.10. The minimum Gasteiger partial charge on any atom is -0.420 e. The molecule has 1 aliphatic rings. The Kier molecular flexibility index (Phi) is 6.91. The molecule has 0 aliphatic carbocycles. The minimum atomic E-state index is -1.42. The summed E-state index contributed by atoms with van der Waals surface area (Å²) in [5, 5.41) is 0.455. The number of piperazine rings is 1. The molecule has 1 atom stereocenters. The van der Waals surface area contributed by atoms with E-state index >= 15 is 0 Å². The van der Waals surface area contributed by atoms with Crippen molar-refractivity contribution in [2.24, 2.45) is 5.92 Å². The molecule has 3 nitrogen and oxygen atoms in total. The molecule has 5 heteroatoms. The zero-order valence-corrected chi connectivity index (χ0v) is 18.6. The SMILES string of the molecule is CO[Si](C)(C)CC(C)CN1CCN([Si](C)(C)C(C)(C)C)CC1. The standard InChI is InChI=1S/C17H40N2OSi2/c1-16(15-21(6,7)20-5)14-18-10-12-19(13-11-18)22(8,9)17(2,3)4/h16H,10-15H2,1-9H3. The van der Waals surface area contributed by atoms with Crippen molar-refractivity contribution in [3.63, 3.8) is 0 Å². The fourth-order valence-electron chi connectivity index (χ4n) is 3.39.